The van der Waals surface area contributed by atoms with Crippen molar-refractivity contribution < 1.29 is 71.5 Å². The van der Waals surface area contributed by atoms with Gasteiger partial charge in [-0.25, -0.2) is 4.79 Å². The zero-order valence-corrected chi connectivity index (χ0v) is 26.6. The first-order valence-corrected chi connectivity index (χ1v) is 15.7. The fourth-order valence-corrected chi connectivity index (χ4v) is 3.49. The van der Waals surface area contributed by atoms with Crippen molar-refractivity contribution in [3.05, 3.63) is 0 Å². The molecule has 1 fully saturated rings. The van der Waals surface area contributed by atoms with E-state index in [1.165, 1.54) is 0 Å². The summed E-state index contributed by atoms with van der Waals surface area (Å²) in [5, 5.41) is 11.0. The number of amides is 1. The minimum Gasteiger partial charge on any atom is -0.480 e. The van der Waals surface area contributed by atoms with Crippen LogP contribution in [0, 0.1) is 0 Å². The summed E-state index contributed by atoms with van der Waals surface area (Å²) in [4.78, 5) is 21.6. The second-order valence-corrected chi connectivity index (χ2v) is 9.41. The van der Waals surface area contributed by atoms with Crippen molar-refractivity contribution >= 4 is 11.9 Å². The number of hydrogen-bond acceptors (Lipinski definition) is 14. The zero-order valence-electron chi connectivity index (χ0n) is 26.6. The highest BCUT2D eigenvalue weighted by molar-refractivity contribution is 5.77. The molecule has 1 saturated heterocycles. The molecule has 1 heterocycles. The molecule has 2 N–H and O–H groups in total. The Bertz CT molecular complexity index is 655. The fourth-order valence-electron chi connectivity index (χ4n) is 3.49. The molecule has 0 aliphatic carbocycles. The van der Waals surface area contributed by atoms with Crippen LogP contribution in [0.15, 0.2) is 0 Å². The summed E-state index contributed by atoms with van der Waals surface area (Å²) in [6.07, 6.45) is 3.16. The Kier molecular flexibility index (Phi) is 31.2. The van der Waals surface area contributed by atoms with Crippen LogP contribution in [0.4, 0.5) is 0 Å². The van der Waals surface area contributed by atoms with Gasteiger partial charge in [-0.3, -0.25) is 4.79 Å². The van der Waals surface area contributed by atoms with E-state index in [1.54, 1.807) is 0 Å². The summed E-state index contributed by atoms with van der Waals surface area (Å²) in [5.74, 6) is -1.52. The van der Waals surface area contributed by atoms with Crippen molar-refractivity contribution in [3.8, 4) is 0 Å². The molecular formula is C29H55NO15. The van der Waals surface area contributed by atoms with Gasteiger partial charge in [-0.15, -0.1) is 0 Å². The average molecular weight is 658 g/mol. The summed E-state index contributed by atoms with van der Waals surface area (Å²) >= 11 is 0. The summed E-state index contributed by atoms with van der Waals surface area (Å²) in [5.41, 5.74) is 0. The fraction of sp³-hybridized carbons (Fsp3) is 0.931. The molecular weight excluding hydrogens is 602 g/mol. The Labute approximate surface area is 266 Å². The van der Waals surface area contributed by atoms with E-state index in [0.717, 1.165) is 25.9 Å². The van der Waals surface area contributed by atoms with Crippen molar-refractivity contribution in [1.82, 2.24) is 5.32 Å². The molecule has 0 bridgehead atoms. The van der Waals surface area contributed by atoms with E-state index >= 15 is 0 Å². The highest BCUT2D eigenvalue weighted by atomic mass is 16.7. The molecule has 0 aromatic carbocycles. The minimum atomic E-state index is -1.12. The van der Waals surface area contributed by atoms with E-state index in [4.69, 9.17) is 57.2 Å². The lowest BCUT2D eigenvalue weighted by atomic mass is 10.2. The lowest BCUT2D eigenvalue weighted by molar-refractivity contribution is -0.169. The van der Waals surface area contributed by atoms with Gasteiger partial charge in [-0.05, 0) is 19.3 Å². The maximum absolute atomic E-state index is 11.3. The van der Waals surface area contributed by atoms with Gasteiger partial charge < -0.3 is 67.3 Å². The number of ether oxygens (including phenoxy) is 12. The Hall–Kier alpha value is -1.54. The van der Waals surface area contributed by atoms with Crippen LogP contribution in [0.5, 0.6) is 0 Å². The number of nitrogens with one attached hydrogen (secondary N) is 1. The molecule has 16 nitrogen and oxygen atoms in total. The molecule has 0 spiro atoms. The van der Waals surface area contributed by atoms with E-state index in [2.05, 4.69) is 10.1 Å². The van der Waals surface area contributed by atoms with Crippen LogP contribution in [0.2, 0.25) is 0 Å². The maximum atomic E-state index is 11.3. The molecule has 45 heavy (non-hydrogen) atoms. The van der Waals surface area contributed by atoms with Crippen LogP contribution in [0.25, 0.3) is 0 Å². The molecule has 1 atom stereocenters. The smallest absolute Gasteiger partial charge is 0.329 e. The van der Waals surface area contributed by atoms with Gasteiger partial charge in [-0.2, -0.15) is 0 Å². The molecule has 0 aromatic heterocycles. The highest BCUT2D eigenvalue weighted by Crippen LogP contribution is 2.13. The summed E-state index contributed by atoms with van der Waals surface area (Å²) in [6.45, 7) is 9.26. The van der Waals surface area contributed by atoms with E-state index in [9.17, 15) is 9.59 Å². The molecule has 1 rings (SSSR count). The first-order valence-electron chi connectivity index (χ1n) is 15.7. The van der Waals surface area contributed by atoms with Crippen LogP contribution >= 0.6 is 0 Å². The van der Waals surface area contributed by atoms with E-state index in [0.29, 0.717) is 132 Å². The number of carbonyl (C=O) groups is 2. The Balaban J connectivity index is 1.62. The van der Waals surface area contributed by atoms with Crippen molar-refractivity contribution in [2.45, 2.75) is 25.6 Å². The molecule has 1 aliphatic heterocycles. The van der Waals surface area contributed by atoms with Crippen LogP contribution in [0.1, 0.15) is 19.3 Å². The van der Waals surface area contributed by atoms with Gasteiger partial charge in [0, 0.05) is 13.2 Å². The predicted molar refractivity (Wildman–Crippen MR) is 158 cm³/mol. The number of carboxylic acids is 1. The van der Waals surface area contributed by atoms with Gasteiger partial charge in [-0.1, -0.05) is 0 Å². The van der Waals surface area contributed by atoms with Gasteiger partial charge in [0.15, 0.2) is 6.29 Å². The average Bonchev–Trinajstić information content (AvgIpc) is 3.04. The van der Waals surface area contributed by atoms with Crippen molar-refractivity contribution in [1.29, 1.82) is 0 Å². The zero-order chi connectivity index (χ0) is 32.3. The quantitative estimate of drug-likeness (QED) is 0.0863. The Morgan fingerprint density at radius 3 is 1.31 bits per heavy atom. The van der Waals surface area contributed by atoms with E-state index in [-0.39, 0.29) is 12.9 Å². The van der Waals surface area contributed by atoms with Crippen LogP contribution < -0.4 is 5.32 Å². The van der Waals surface area contributed by atoms with Gasteiger partial charge in [0.1, 0.15) is 13.2 Å². The number of carboxylic acid groups (broad SMARTS) is 1. The molecule has 1 aliphatic rings. The lowest BCUT2D eigenvalue weighted by Gasteiger charge is -2.22. The third kappa shape index (κ3) is 32.2. The van der Waals surface area contributed by atoms with Crippen LogP contribution in [-0.2, 0) is 66.4 Å². The maximum Gasteiger partial charge on any atom is 0.329 e. The Morgan fingerprint density at radius 2 is 0.933 bits per heavy atom. The van der Waals surface area contributed by atoms with Crippen LogP contribution in [-0.4, -0.2) is 175 Å². The lowest BCUT2D eigenvalue weighted by Crippen LogP contribution is -2.31. The molecule has 0 radical (unpaired) electrons. The SMILES string of the molecule is O=C(O)COCC(=O)NCCOCCOCCOCCOCCOCCOCCOCCOCCOCCOC1CCCCO1. The Morgan fingerprint density at radius 1 is 0.533 bits per heavy atom. The van der Waals surface area contributed by atoms with E-state index < -0.39 is 18.5 Å². The van der Waals surface area contributed by atoms with Gasteiger partial charge in [0.2, 0.25) is 5.91 Å². The topological polar surface area (TPSA) is 177 Å². The standard InChI is InChI=1S/C29H55NO15/c31-27(25-43-26-28(32)33)30-4-6-34-7-8-35-9-10-36-11-12-37-13-14-38-15-16-39-17-18-40-19-20-41-21-22-42-23-24-45-29-3-1-2-5-44-29/h29H,1-26H2,(H,30,31)(H,32,33). The third-order valence-electron chi connectivity index (χ3n) is 5.67. The molecule has 0 aromatic rings. The van der Waals surface area contributed by atoms with Gasteiger partial charge >= 0.3 is 5.97 Å². The molecule has 16 heteroatoms. The first kappa shape index (κ1) is 41.5. The largest absolute Gasteiger partial charge is 0.480 e. The second kappa shape index (κ2) is 33.8. The third-order valence-corrected chi connectivity index (χ3v) is 5.67. The highest BCUT2D eigenvalue weighted by Gasteiger charge is 2.13. The van der Waals surface area contributed by atoms with Crippen molar-refractivity contribution in [2.24, 2.45) is 0 Å². The second-order valence-electron chi connectivity index (χ2n) is 9.41. The monoisotopic (exact) mass is 657 g/mol. The normalized spacial score (nSPS) is 15.0. The minimum absolute atomic E-state index is 0.0745. The van der Waals surface area contributed by atoms with E-state index in [1.807, 2.05) is 0 Å². The molecule has 0 saturated carbocycles. The summed E-state index contributed by atoms with van der Waals surface area (Å²) in [6, 6.07) is 0. The molecule has 1 unspecified atom stereocenters. The van der Waals surface area contributed by atoms with Crippen molar-refractivity contribution in [2.75, 3.05) is 152 Å². The van der Waals surface area contributed by atoms with Crippen molar-refractivity contribution in [3.63, 3.8) is 0 Å². The number of rotatable bonds is 35. The molecule has 1 amide bonds. The van der Waals surface area contributed by atoms with Gasteiger partial charge in [0.25, 0.3) is 0 Å². The first-order chi connectivity index (χ1) is 22.2. The number of carbonyl (C=O) groups excluding carboxylic acids is 1. The summed E-state index contributed by atoms with van der Waals surface area (Å²) < 4.78 is 64.7. The van der Waals surface area contributed by atoms with Gasteiger partial charge in [0.05, 0.1) is 126 Å². The molecule has 266 valence electrons. The number of aliphatic carboxylic acids is 1. The predicted octanol–water partition coefficient (Wildman–Crippen LogP) is -0.104. The van der Waals surface area contributed by atoms with Crippen LogP contribution in [0.3, 0.4) is 0 Å². The summed E-state index contributed by atoms with van der Waals surface area (Å²) in [7, 11) is 0. The number of hydrogen-bond donors (Lipinski definition) is 2.